The van der Waals surface area contributed by atoms with Crippen LogP contribution in [-0.2, 0) is 0 Å². The molecule has 0 aromatic heterocycles. The maximum atomic E-state index is 12.6. The largest absolute Gasteiger partial charge is 0.393 e. The van der Waals surface area contributed by atoms with Gasteiger partial charge in [0.15, 0.2) is 0 Å². The van der Waals surface area contributed by atoms with Crippen LogP contribution in [0.25, 0.3) is 0 Å². The fraction of sp³-hybridized carbons (Fsp3) is 0.533. The van der Waals surface area contributed by atoms with E-state index in [1.807, 2.05) is 0 Å². The van der Waals surface area contributed by atoms with E-state index in [1.54, 1.807) is 24.0 Å². The third kappa shape index (κ3) is 2.29. The molecule has 1 saturated carbocycles. The molecule has 112 valence electrons. The Morgan fingerprint density at radius 2 is 2.14 bits per heavy atom. The van der Waals surface area contributed by atoms with Crippen LogP contribution in [-0.4, -0.2) is 40.0 Å². The second-order valence-corrected chi connectivity index (χ2v) is 5.99. The van der Waals surface area contributed by atoms with Crippen LogP contribution in [0.4, 0.5) is 5.69 Å². The number of nitro groups is 1. The number of benzene rings is 1. The summed E-state index contributed by atoms with van der Waals surface area (Å²) in [5.74, 6) is 0.355. The van der Waals surface area contributed by atoms with Gasteiger partial charge in [-0.2, -0.15) is 0 Å². The van der Waals surface area contributed by atoms with E-state index in [1.165, 1.54) is 6.07 Å². The fourth-order valence-electron chi connectivity index (χ4n) is 3.63. The van der Waals surface area contributed by atoms with E-state index in [9.17, 15) is 20.0 Å². The average molecular weight is 290 g/mol. The normalized spacial score (nSPS) is 27.7. The number of fused-ring (bicyclic) bond motifs is 1. The summed E-state index contributed by atoms with van der Waals surface area (Å²) in [6.07, 6.45) is 1.44. The predicted molar refractivity (Wildman–Crippen MR) is 76.0 cm³/mol. The van der Waals surface area contributed by atoms with Crippen molar-refractivity contribution in [2.75, 3.05) is 13.1 Å². The Bertz CT molecular complexity index is 601. The van der Waals surface area contributed by atoms with Crippen molar-refractivity contribution in [3.05, 3.63) is 39.4 Å². The molecule has 6 nitrogen and oxygen atoms in total. The summed E-state index contributed by atoms with van der Waals surface area (Å²) in [7, 11) is 0. The molecular formula is C15H18N2O4. The zero-order valence-corrected chi connectivity index (χ0v) is 11.9. The van der Waals surface area contributed by atoms with E-state index in [4.69, 9.17) is 0 Å². The van der Waals surface area contributed by atoms with E-state index in [2.05, 4.69) is 0 Å². The van der Waals surface area contributed by atoms with Crippen molar-refractivity contribution >= 4 is 11.6 Å². The van der Waals surface area contributed by atoms with Crippen molar-refractivity contribution in [3.63, 3.8) is 0 Å². The molecule has 1 aromatic carbocycles. The van der Waals surface area contributed by atoms with Crippen LogP contribution >= 0.6 is 0 Å². The Morgan fingerprint density at radius 3 is 2.81 bits per heavy atom. The zero-order chi connectivity index (χ0) is 15.1. The van der Waals surface area contributed by atoms with E-state index in [0.29, 0.717) is 30.1 Å². The Balaban J connectivity index is 1.84. The number of hydrogen-bond donors (Lipinski definition) is 1. The average Bonchev–Trinajstić information content (AvgIpc) is 3.01. The first-order valence-corrected chi connectivity index (χ1v) is 7.20. The lowest BCUT2D eigenvalue weighted by molar-refractivity contribution is -0.385. The number of carbonyl (C=O) groups excluding carboxylic acids is 1. The highest BCUT2D eigenvalue weighted by Gasteiger charge is 2.43. The van der Waals surface area contributed by atoms with E-state index >= 15 is 0 Å². The summed E-state index contributed by atoms with van der Waals surface area (Å²) in [6.45, 7) is 2.80. The van der Waals surface area contributed by atoms with Gasteiger partial charge in [0, 0.05) is 36.2 Å². The van der Waals surface area contributed by atoms with Gasteiger partial charge < -0.3 is 10.0 Å². The molecule has 1 N–H and O–H groups in total. The summed E-state index contributed by atoms with van der Waals surface area (Å²) >= 11 is 0. The molecule has 1 heterocycles. The van der Waals surface area contributed by atoms with Gasteiger partial charge >= 0.3 is 0 Å². The van der Waals surface area contributed by atoms with Crippen LogP contribution in [0.2, 0.25) is 0 Å². The first-order chi connectivity index (χ1) is 9.99. The summed E-state index contributed by atoms with van der Waals surface area (Å²) in [4.78, 5) is 24.8. The minimum absolute atomic E-state index is 0.0275. The van der Waals surface area contributed by atoms with Crippen LogP contribution in [0.1, 0.15) is 28.8 Å². The van der Waals surface area contributed by atoms with Gasteiger partial charge in [-0.15, -0.1) is 0 Å². The lowest BCUT2D eigenvalue weighted by Gasteiger charge is -2.19. The molecule has 0 radical (unpaired) electrons. The number of carbonyl (C=O) groups is 1. The Labute approximate surface area is 122 Å². The topological polar surface area (TPSA) is 83.7 Å². The molecule has 21 heavy (non-hydrogen) atoms. The summed E-state index contributed by atoms with van der Waals surface area (Å²) in [6, 6.07) is 4.59. The van der Waals surface area contributed by atoms with Crippen molar-refractivity contribution in [1.82, 2.24) is 4.90 Å². The zero-order valence-electron chi connectivity index (χ0n) is 11.9. The Morgan fingerprint density at radius 1 is 1.38 bits per heavy atom. The van der Waals surface area contributed by atoms with Gasteiger partial charge in [-0.1, -0.05) is 6.07 Å². The molecule has 2 fully saturated rings. The standard InChI is InChI=1S/C15H18N2O4/c1-9-11(3-2-4-13(9)17(20)21)15(19)16-7-10-5-6-14(18)12(10)8-16/h2-4,10,12,14,18H,5-8H2,1H3. The van der Waals surface area contributed by atoms with Gasteiger partial charge in [0.2, 0.25) is 0 Å². The molecule has 2 aliphatic rings. The van der Waals surface area contributed by atoms with Gasteiger partial charge in [0.05, 0.1) is 11.0 Å². The molecule has 3 rings (SSSR count). The number of aliphatic hydroxyl groups excluding tert-OH is 1. The van der Waals surface area contributed by atoms with Gasteiger partial charge in [-0.05, 0) is 31.7 Å². The molecule has 1 aliphatic carbocycles. The molecule has 1 saturated heterocycles. The maximum absolute atomic E-state index is 12.6. The van der Waals surface area contributed by atoms with Crippen molar-refractivity contribution < 1.29 is 14.8 Å². The van der Waals surface area contributed by atoms with Crippen LogP contribution < -0.4 is 0 Å². The molecule has 0 bridgehead atoms. The maximum Gasteiger partial charge on any atom is 0.273 e. The first kappa shape index (κ1) is 14.0. The highest BCUT2D eigenvalue weighted by Crippen LogP contribution is 2.38. The minimum atomic E-state index is -0.464. The molecule has 0 spiro atoms. The van der Waals surface area contributed by atoms with E-state index < -0.39 is 4.92 Å². The quantitative estimate of drug-likeness (QED) is 0.664. The van der Waals surface area contributed by atoms with E-state index in [-0.39, 0.29) is 23.6 Å². The van der Waals surface area contributed by atoms with Crippen LogP contribution in [0.3, 0.4) is 0 Å². The number of rotatable bonds is 2. The molecule has 1 aliphatic heterocycles. The summed E-state index contributed by atoms with van der Waals surface area (Å²) < 4.78 is 0. The van der Waals surface area contributed by atoms with Gasteiger partial charge in [0.1, 0.15) is 0 Å². The number of nitrogens with zero attached hydrogens (tertiary/aromatic N) is 2. The van der Waals surface area contributed by atoms with Gasteiger partial charge in [0.25, 0.3) is 11.6 Å². The number of nitro benzene ring substituents is 1. The molecule has 3 atom stereocenters. The van der Waals surface area contributed by atoms with Crippen LogP contribution in [0.5, 0.6) is 0 Å². The summed E-state index contributed by atoms with van der Waals surface area (Å²) in [5.41, 5.74) is 0.768. The molecule has 6 heteroatoms. The predicted octanol–water partition coefficient (Wildman–Crippen LogP) is 1.75. The fourth-order valence-corrected chi connectivity index (χ4v) is 3.63. The molecule has 1 aromatic rings. The van der Waals surface area contributed by atoms with Gasteiger partial charge in [-0.25, -0.2) is 0 Å². The van der Waals surface area contributed by atoms with E-state index in [0.717, 1.165) is 12.8 Å². The SMILES string of the molecule is Cc1c(C(=O)N2CC3CCC(O)C3C2)cccc1[N+](=O)[O-]. The lowest BCUT2D eigenvalue weighted by atomic mass is 10.00. The third-order valence-corrected chi connectivity index (χ3v) is 4.84. The second-order valence-electron chi connectivity index (χ2n) is 5.99. The van der Waals surface area contributed by atoms with Crippen LogP contribution in [0, 0.1) is 28.9 Å². The minimum Gasteiger partial charge on any atom is -0.393 e. The number of aliphatic hydroxyl groups is 1. The Hall–Kier alpha value is -1.95. The van der Waals surface area contributed by atoms with Crippen molar-refractivity contribution in [3.8, 4) is 0 Å². The molecule has 3 unspecified atom stereocenters. The number of hydrogen-bond acceptors (Lipinski definition) is 4. The van der Waals surface area contributed by atoms with Crippen molar-refractivity contribution in [2.45, 2.75) is 25.9 Å². The first-order valence-electron chi connectivity index (χ1n) is 7.20. The third-order valence-electron chi connectivity index (χ3n) is 4.84. The van der Waals surface area contributed by atoms with Crippen molar-refractivity contribution in [2.24, 2.45) is 11.8 Å². The number of amides is 1. The molecular weight excluding hydrogens is 272 g/mol. The smallest absolute Gasteiger partial charge is 0.273 e. The highest BCUT2D eigenvalue weighted by molar-refractivity contribution is 5.96. The monoisotopic (exact) mass is 290 g/mol. The second kappa shape index (κ2) is 5.11. The lowest BCUT2D eigenvalue weighted by Crippen LogP contribution is -2.31. The molecule has 1 amide bonds. The van der Waals surface area contributed by atoms with Gasteiger partial charge in [-0.3, -0.25) is 14.9 Å². The summed E-state index contributed by atoms with van der Waals surface area (Å²) in [5, 5.41) is 20.9. The number of likely N-dealkylation sites (tertiary alicyclic amines) is 1. The van der Waals surface area contributed by atoms with Crippen molar-refractivity contribution in [1.29, 1.82) is 0 Å². The van der Waals surface area contributed by atoms with Crippen LogP contribution in [0.15, 0.2) is 18.2 Å². The Kier molecular flexibility index (Phi) is 3.41. The highest BCUT2D eigenvalue weighted by atomic mass is 16.6.